The molecule has 0 saturated heterocycles. The molecule has 1 saturated carbocycles. The fourth-order valence-corrected chi connectivity index (χ4v) is 3.40. The van der Waals surface area contributed by atoms with Crippen LogP contribution in [0.3, 0.4) is 0 Å². The van der Waals surface area contributed by atoms with Gasteiger partial charge in [-0.2, -0.15) is 0 Å². The normalized spacial score (nSPS) is 16.1. The van der Waals surface area contributed by atoms with E-state index in [1.165, 1.54) is 33.9 Å². The van der Waals surface area contributed by atoms with Gasteiger partial charge in [-0.15, -0.1) is 11.3 Å². The molecule has 0 amide bonds. The summed E-state index contributed by atoms with van der Waals surface area (Å²) in [5.74, 6) is 0. The molecule has 1 heterocycles. The Morgan fingerprint density at radius 2 is 2.00 bits per heavy atom. The van der Waals surface area contributed by atoms with Gasteiger partial charge in [0.1, 0.15) is 5.01 Å². The molecule has 0 radical (unpaired) electrons. The van der Waals surface area contributed by atoms with Gasteiger partial charge in [-0.3, -0.25) is 0 Å². The summed E-state index contributed by atoms with van der Waals surface area (Å²) in [7, 11) is 1.73. The smallest absolute Gasteiger partial charge is 0.115 e. The first-order valence-corrected chi connectivity index (χ1v) is 8.26. The summed E-state index contributed by atoms with van der Waals surface area (Å²) < 4.78 is 5.18. The summed E-state index contributed by atoms with van der Waals surface area (Å²) >= 11 is 1.80. The molecule has 0 spiro atoms. The zero-order valence-corrected chi connectivity index (χ0v) is 13.7. The molecule has 1 unspecified atom stereocenters. The van der Waals surface area contributed by atoms with E-state index in [2.05, 4.69) is 43.4 Å². The van der Waals surface area contributed by atoms with Crippen LogP contribution in [0.2, 0.25) is 0 Å². The molecule has 0 bridgehead atoms. The van der Waals surface area contributed by atoms with E-state index in [0.29, 0.717) is 12.6 Å². The number of rotatable bonds is 6. The van der Waals surface area contributed by atoms with Crippen molar-refractivity contribution in [1.29, 1.82) is 0 Å². The molecule has 21 heavy (non-hydrogen) atoms. The van der Waals surface area contributed by atoms with Crippen LogP contribution in [0.1, 0.15) is 45.6 Å². The first-order chi connectivity index (χ1) is 10.2. The van der Waals surface area contributed by atoms with Gasteiger partial charge in [0.05, 0.1) is 18.3 Å². The third-order valence-corrected chi connectivity index (χ3v) is 5.03. The first kappa shape index (κ1) is 14.7. The van der Waals surface area contributed by atoms with Crippen molar-refractivity contribution < 1.29 is 4.74 Å². The Morgan fingerprint density at radius 1 is 1.29 bits per heavy atom. The van der Waals surface area contributed by atoms with Crippen molar-refractivity contribution in [3.63, 3.8) is 0 Å². The summed E-state index contributed by atoms with van der Waals surface area (Å²) in [6.45, 7) is 4.90. The average Bonchev–Trinajstić information content (AvgIpc) is 3.23. The maximum atomic E-state index is 5.18. The lowest BCUT2D eigenvalue weighted by molar-refractivity contribution is 0.185. The fraction of sp³-hybridized carbons (Fsp3) is 0.471. The van der Waals surface area contributed by atoms with E-state index < -0.39 is 0 Å². The largest absolute Gasteiger partial charge is 0.380 e. The zero-order chi connectivity index (χ0) is 14.8. The highest BCUT2D eigenvalue weighted by Gasteiger charge is 2.28. The summed E-state index contributed by atoms with van der Waals surface area (Å²) in [6, 6.07) is 9.55. The predicted octanol–water partition coefficient (Wildman–Crippen LogP) is 3.75. The molecule has 1 atom stereocenters. The molecule has 0 aliphatic heterocycles. The number of benzene rings is 1. The second-order valence-corrected chi connectivity index (χ2v) is 6.98. The van der Waals surface area contributed by atoms with Crippen molar-refractivity contribution >= 4 is 11.3 Å². The lowest BCUT2D eigenvalue weighted by atomic mass is 10.1. The van der Waals surface area contributed by atoms with Crippen LogP contribution >= 0.6 is 11.3 Å². The summed E-state index contributed by atoms with van der Waals surface area (Å²) in [5.41, 5.74) is 3.64. The molecular weight excluding hydrogens is 280 g/mol. The van der Waals surface area contributed by atoms with Crippen molar-refractivity contribution in [3.8, 4) is 0 Å². The Kier molecular flexibility index (Phi) is 4.38. The monoisotopic (exact) mass is 302 g/mol. The van der Waals surface area contributed by atoms with Gasteiger partial charge in [0.2, 0.25) is 0 Å². The number of nitrogens with one attached hydrogen (secondary N) is 1. The number of aryl methyl sites for hydroxylation is 2. The second-order valence-electron chi connectivity index (χ2n) is 5.74. The minimum atomic E-state index is 0.214. The van der Waals surface area contributed by atoms with Gasteiger partial charge in [0.25, 0.3) is 0 Å². The van der Waals surface area contributed by atoms with E-state index in [-0.39, 0.29) is 6.04 Å². The number of thiazole rings is 1. The van der Waals surface area contributed by atoms with Crippen molar-refractivity contribution in [2.24, 2.45) is 0 Å². The van der Waals surface area contributed by atoms with Crippen LogP contribution in [-0.2, 0) is 11.3 Å². The topological polar surface area (TPSA) is 34.1 Å². The molecule has 3 nitrogen and oxygen atoms in total. The maximum Gasteiger partial charge on any atom is 0.115 e. The molecule has 4 heteroatoms. The quantitative estimate of drug-likeness (QED) is 0.882. The lowest BCUT2D eigenvalue weighted by Gasteiger charge is -2.17. The Balaban J connectivity index is 1.87. The molecule has 1 aromatic heterocycles. The van der Waals surface area contributed by atoms with Crippen LogP contribution in [0, 0.1) is 13.8 Å². The number of methoxy groups -OCH3 is 1. The van der Waals surface area contributed by atoms with Crippen LogP contribution in [0.4, 0.5) is 0 Å². The molecule has 1 aromatic carbocycles. The highest BCUT2D eigenvalue weighted by atomic mass is 32.1. The van der Waals surface area contributed by atoms with Gasteiger partial charge in [0.15, 0.2) is 0 Å². The van der Waals surface area contributed by atoms with E-state index >= 15 is 0 Å². The van der Waals surface area contributed by atoms with E-state index in [0.717, 1.165) is 5.69 Å². The van der Waals surface area contributed by atoms with Crippen LogP contribution in [0.25, 0.3) is 0 Å². The molecule has 112 valence electrons. The van der Waals surface area contributed by atoms with Crippen molar-refractivity contribution in [1.82, 2.24) is 10.3 Å². The lowest BCUT2D eigenvalue weighted by Crippen LogP contribution is -2.24. The number of ether oxygens (including phenoxy) is 1. The van der Waals surface area contributed by atoms with E-state index in [9.17, 15) is 0 Å². The third-order valence-electron chi connectivity index (χ3n) is 3.90. The molecular formula is C17H22N2OS. The van der Waals surface area contributed by atoms with Crippen LogP contribution < -0.4 is 5.32 Å². The number of hydrogen-bond donors (Lipinski definition) is 1. The number of hydrogen-bond acceptors (Lipinski definition) is 4. The maximum absolute atomic E-state index is 5.18. The van der Waals surface area contributed by atoms with Crippen LogP contribution in [0.15, 0.2) is 24.3 Å². The number of nitrogens with zero attached hydrogens (tertiary/aromatic N) is 1. The molecule has 1 aliphatic carbocycles. The summed E-state index contributed by atoms with van der Waals surface area (Å²) in [6.07, 6.45) is 2.56. The second kappa shape index (κ2) is 6.26. The van der Waals surface area contributed by atoms with Gasteiger partial charge in [0, 0.05) is 18.0 Å². The number of aromatic nitrogens is 1. The SMILES string of the molecule is COCc1ccc(C(NC2CC2)c2nc(C)c(C)s2)cc1. The fourth-order valence-electron chi connectivity index (χ4n) is 2.39. The highest BCUT2D eigenvalue weighted by molar-refractivity contribution is 7.11. The van der Waals surface area contributed by atoms with Gasteiger partial charge in [-0.05, 0) is 37.8 Å². The zero-order valence-electron chi connectivity index (χ0n) is 12.8. The minimum Gasteiger partial charge on any atom is -0.380 e. The van der Waals surface area contributed by atoms with Gasteiger partial charge in [-0.25, -0.2) is 4.98 Å². The van der Waals surface area contributed by atoms with Crippen molar-refractivity contribution in [3.05, 3.63) is 51.0 Å². The molecule has 1 N–H and O–H groups in total. The molecule has 1 fully saturated rings. The van der Waals surface area contributed by atoms with E-state index in [1.54, 1.807) is 18.4 Å². The van der Waals surface area contributed by atoms with Gasteiger partial charge < -0.3 is 10.1 Å². The van der Waals surface area contributed by atoms with Crippen LogP contribution in [-0.4, -0.2) is 18.1 Å². The van der Waals surface area contributed by atoms with Crippen molar-refractivity contribution in [2.75, 3.05) is 7.11 Å². The standard InChI is InChI=1S/C17H22N2OS/c1-11-12(2)21-17(18-11)16(19-15-8-9-15)14-6-4-13(5-7-14)10-20-3/h4-7,15-16,19H,8-10H2,1-3H3. The summed E-state index contributed by atoms with van der Waals surface area (Å²) in [5, 5.41) is 4.91. The Bertz CT molecular complexity index is 582. The van der Waals surface area contributed by atoms with Gasteiger partial charge >= 0.3 is 0 Å². The molecule has 3 rings (SSSR count). The molecule has 1 aliphatic rings. The Morgan fingerprint density at radius 3 is 2.52 bits per heavy atom. The minimum absolute atomic E-state index is 0.214. The third kappa shape index (κ3) is 3.51. The highest BCUT2D eigenvalue weighted by Crippen LogP contribution is 2.32. The average molecular weight is 302 g/mol. The van der Waals surface area contributed by atoms with Crippen LogP contribution in [0.5, 0.6) is 0 Å². The van der Waals surface area contributed by atoms with Gasteiger partial charge in [-0.1, -0.05) is 24.3 Å². The molecule has 2 aromatic rings. The Labute approximate surface area is 130 Å². The first-order valence-electron chi connectivity index (χ1n) is 7.45. The van der Waals surface area contributed by atoms with E-state index in [1.807, 2.05) is 0 Å². The summed E-state index contributed by atoms with van der Waals surface area (Å²) in [4.78, 5) is 6.07. The predicted molar refractivity (Wildman–Crippen MR) is 86.7 cm³/mol. The van der Waals surface area contributed by atoms with E-state index in [4.69, 9.17) is 9.72 Å². The van der Waals surface area contributed by atoms with Crippen molar-refractivity contribution in [2.45, 2.75) is 45.4 Å². The Hall–Kier alpha value is -1.23.